The van der Waals surface area contributed by atoms with Gasteiger partial charge in [0.1, 0.15) is 0 Å². The summed E-state index contributed by atoms with van der Waals surface area (Å²) in [4.78, 5) is 10.6. The summed E-state index contributed by atoms with van der Waals surface area (Å²) in [5.41, 5.74) is 2.00. The molecule has 3 nitrogen and oxygen atoms in total. The van der Waals surface area contributed by atoms with Gasteiger partial charge in [0.2, 0.25) is 0 Å². The van der Waals surface area contributed by atoms with Crippen molar-refractivity contribution in [2.45, 2.75) is 12.8 Å². The van der Waals surface area contributed by atoms with Crippen molar-refractivity contribution in [2.75, 3.05) is 0 Å². The molecule has 0 spiro atoms. The van der Waals surface area contributed by atoms with Gasteiger partial charge in [-0.3, -0.25) is 10.1 Å². The van der Waals surface area contributed by atoms with Crippen molar-refractivity contribution in [2.24, 2.45) is 0 Å². The second kappa shape index (κ2) is 6.17. The number of nitro benzene ring substituents is 1. The van der Waals surface area contributed by atoms with E-state index in [-0.39, 0.29) is 10.6 Å². The van der Waals surface area contributed by atoms with Crippen LogP contribution in [0.3, 0.4) is 0 Å². The van der Waals surface area contributed by atoms with E-state index in [1.54, 1.807) is 12.1 Å². The van der Waals surface area contributed by atoms with E-state index in [4.69, 9.17) is 11.6 Å². The Balaban J connectivity index is 2.16. The lowest BCUT2D eigenvalue weighted by Gasteiger charge is -2.04. The lowest BCUT2D eigenvalue weighted by Crippen LogP contribution is -1.98. The van der Waals surface area contributed by atoms with Crippen LogP contribution in [0.5, 0.6) is 0 Å². The van der Waals surface area contributed by atoms with Crippen LogP contribution in [0.4, 0.5) is 5.69 Å². The van der Waals surface area contributed by atoms with Gasteiger partial charge in [-0.1, -0.05) is 39.7 Å². The van der Waals surface area contributed by atoms with E-state index in [2.05, 4.69) is 15.9 Å². The highest BCUT2D eigenvalue weighted by molar-refractivity contribution is 9.10. The molecular weight excluding hydrogens is 330 g/mol. The van der Waals surface area contributed by atoms with Crippen LogP contribution in [0.25, 0.3) is 0 Å². The molecule has 2 aromatic rings. The van der Waals surface area contributed by atoms with Gasteiger partial charge in [-0.15, -0.1) is 0 Å². The molecule has 0 bridgehead atoms. The maximum absolute atomic E-state index is 11.0. The predicted molar refractivity (Wildman–Crippen MR) is 79.7 cm³/mol. The number of aryl methyl sites for hydroxylation is 2. The van der Waals surface area contributed by atoms with Crippen LogP contribution >= 0.6 is 27.5 Å². The van der Waals surface area contributed by atoms with Crippen LogP contribution in [0.2, 0.25) is 5.02 Å². The largest absolute Gasteiger partial charge is 0.272 e. The number of halogens is 2. The first-order valence-electron chi connectivity index (χ1n) is 5.73. The minimum Gasteiger partial charge on any atom is -0.258 e. The smallest absolute Gasteiger partial charge is 0.258 e. The highest BCUT2D eigenvalue weighted by Crippen LogP contribution is 2.24. The summed E-state index contributed by atoms with van der Waals surface area (Å²) in [6.07, 6.45) is 1.37. The number of hydrogen-bond acceptors (Lipinski definition) is 2. The molecule has 0 saturated heterocycles. The van der Waals surface area contributed by atoms with Gasteiger partial charge in [0.25, 0.3) is 5.69 Å². The van der Waals surface area contributed by atoms with Crippen molar-refractivity contribution in [1.82, 2.24) is 0 Å². The first-order chi connectivity index (χ1) is 9.06. The highest BCUT2D eigenvalue weighted by Gasteiger charge is 2.13. The zero-order chi connectivity index (χ0) is 13.8. The number of benzene rings is 2. The molecule has 0 aliphatic heterocycles. The zero-order valence-corrected chi connectivity index (χ0v) is 12.3. The predicted octanol–water partition coefficient (Wildman–Crippen LogP) is 4.80. The van der Waals surface area contributed by atoms with Gasteiger partial charge in [-0.25, -0.2) is 0 Å². The Morgan fingerprint density at radius 1 is 1.11 bits per heavy atom. The maximum Gasteiger partial charge on any atom is 0.272 e. The second-order valence-corrected chi connectivity index (χ2v) is 5.51. The fourth-order valence-corrected chi connectivity index (χ4v) is 2.40. The van der Waals surface area contributed by atoms with Gasteiger partial charge in [-0.2, -0.15) is 0 Å². The van der Waals surface area contributed by atoms with Crippen LogP contribution in [-0.2, 0) is 12.8 Å². The third-order valence-electron chi connectivity index (χ3n) is 2.83. The summed E-state index contributed by atoms with van der Waals surface area (Å²) < 4.78 is 0.851. The number of nitrogens with zero attached hydrogens (tertiary/aromatic N) is 1. The Morgan fingerprint density at radius 2 is 1.79 bits per heavy atom. The van der Waals surface area contributed by atoms with E-state index in [1.165, 1.54) is 6.07 Å². The molecule has 0 saturated carbocycles. The molecule has 0 aliphatic carbocycles. The average molecular weight is 341 g/mol. The van der Waals surface area contributed by atoms with Gasteiger partial charge >= 0.3 is 0 Å². The third-order valence-corrected chi connectivity index (χ3v) is 3.58. The van der Waals surface area contributed by atoms with Crippen LogP contribution in [-0.4, -0.2) is 4.92 Å². The third kappa shape index (κ3) is 3.78. The van der Waals surface area contributed by atoms with Crippen LogP contribution in [0.1, 0.15) is 11.1 Å². The van der Waals surface area contributed by atoms with Crippen LogP contribution in [0.15, 0.2) is 46.9 Å². The minimum absolute atomic E-state index is 0.164. The molecule has 0 aliphatic rings. The van der Waals surface area contributed by atoms with Crippen LogP contribution in [0, 0.1) is 10.1 Å². The molecule has 2 rings (SSSR count). The molecular formula is C14H11BrClNO2. The Hall–Kier alpha value is -1.39. The van der Waals surface area contributed by atoms with E-state index in [9.17, 15) is 10.1 Å². The van der Waals surface area contributed by atoms with Gasteiger partial charge < -0.3 is 0 Å². The van der Waals surface area contributed by atoms with E-state index >= 15 is 0 Å². The topological polar surface area (TPSA) is 43.1 Å². The first kappa shape index (κ1) is 14.0. The quantitative estimate of drug-likeness (QED) is 0.593. The Morgan fingerprint density at radius 3 is 2.42 bits per heavy atom. The number of hydrogen-bond donors (Lipinski definition) is 0. The van der Waals surface area contributed by atoms with Crippen molar-refractivity contribution in [1.29, 1.82) is 0 Å². The Kier molecular flexibility index (Phi) is 4.56. The molecule has 98 valence electrons. The van der Waals surface area contributed by atoms with Crippen molar-refractivity contribution < 1.29 is 4.92 Å². The minimum atomic E-state index is -0.344. The molecule has 0 amide bonds. The summed E-state index contributed by atoms with van der Waals surface area (Å²) in [6, 6.07) is 12.5. The number of rotatable bonds is 4. The molecule has 0 radical (unpaired) electrons. The van der Waals surface area contributed by atoms with Crippen LogP contribution < -0.4 is 0 Å². The SMILES string of the molecule is O=[N+]([O-])c1ccc(Br)cc1CCc1ccc(Cl)cc1. The second-order valence-electron chi connectivity index (χ2n) is 4.16. The molecule has 0 heterocycles. The van der Waals surface area contributed by atoms with Crippen molar-refractivity contribution >= 4 is 33.2 Å². The van der Waals surface area contributed by atoms with E-state index in [1.807, 2.05) is 24.3 Å². The van der Waals surface area contributed by atoms with Crippen molar-refractivity contribution in [3.05, 3.63) is 73.2 Å². The van der Waals surface area contributed by atoms with Gasteiger partial charge in [0.15, 0.2) is 0 Å². The molecule has 0 aromatic heterocycles. The van der Waals surface area contributed by atoms with E-state index < -0.39 is 0 Å². The molecule has 5 heteroatoms. The molecule has 19 heavy (non-hydrogen) atoms. The zero-order valence-electron chi connectivity index (χ0n) is 9.98. The summed E-state index contributed by atoms with van der Waals surface area (Å²) >= 11 is 9.16. The lowest BCUT2D eigenvalue weighted by atomic mass is 10.0. The number of nitro groups is 1. The Bertz CT molecular complexity index is 599. The summed E-state index contributed by atoms with van der Waals surface area (Å²) in [5, 5.41) is 11.7. The lowest BCUT2D eigenvalue weighted by molar-refractivity contribution is -0.385. The standard InChI is InChI=1S/C14H11BrClNO2/c15-12-5-8-14(17(18)19)11(9-12)4-1-10-2-6-13(16)7-3-10/h2-3,5-9H,1,4H2. The average Bonchev–Trinajstić information content (AvgIpc) is 2.38. The molecule has 0 N–H and O–H groups in total. The van der Waals surface area contributed by atoms with Crippen molar-refractivity contribution in [3.63, 3.8) is 0 Å². The summed E-state index contributed by atoms with van der Waals surface area (Å²) in [6.45, 7) is 0. The van der Waals surface area contributed by atoms with Gasteiger partial charge in [-0.05, 0) is 42.7 Å². The molecule has 0 atom stereocenters. The van der Waals surface area contributed by atoms with E-state index in [0.717, 1.165) is 22.0 Å². The molecule has 2 aromatic carbocycles. The summed E-state index contributed by atoms with van der Waals surface area (Å²) in [7, 11) is 0. The fourth-order valence-electron chi connectivity index (χ4n) is 1.86. The normalized spacial score (nSPS) is 10.4. The maximum atomic E-state index is 11.0. The fraction of sp³-hybridized carbons (Fsp3) is 0.143. The molecule has 0 unspecified atom stereocenters. The summed E-state index contributed by atoms with van der Waals surface area (Å²) in [5.74, 6) is 0. The van der Waals surface area contributed by atoms with E-state index in [0.29, 0.717) is 11.4 Å². The van der Waals surface area contributed by atoms with Gasteiger partial charge in [0, 0.05) is 21.1 Å². The van der Waals surface area contributed by atoms with Crippen molar-refractivity contribution in [3.8, 4) is 0 Å². The monoisotopic (exact) mass is 339 g/mol. The Labute approximate surface area is 124 Å². The first-order valence-corrected chi connectivity index (χ1v) is 6.90. The highest BCUT2D eigenvalue weighted by atomic mass is 79.9. The molecule has 0 fully saturated rings. The van der Waals surface area contributed by atoms with Gasteiger partial charge in [0.05, 0.1) is 4.92 Å².